The van der Waals surface area contributed by atoms with Gasteiger partial charge >= 0.3 is 0 Å². The molecule has 0 atom stereocenters. The summed E-state index contributed by atoms with van der Waals surface area (Å²) < 4.78 is 1.22. The average Bonchev–Trinajstić information content (AvgIpc) is 2.87. The van der Waals surface area contributed by atoms with E-state index in [0.717, 1.165) is 5.92 Å². The maximum atomic E-state index is 3.52. The van der Waals surface area contributed by atoms with Gasteiger partial charge in [-0.05, 0) is 48.4 Å². The summed E-state index contributed by atoms with van der Waals surface area (Å²) in [5.74, 6) is 0.873. The Labute approximate surface area is 82.1 Å². The van der Waals surface area contributed by atoms with Crippen LogP contribution in [0.15, 0.2) is 22.7 Å². The van der Waals surface area contributed by atoms with Gasteiger partial charge in [0, 0.05) is 4.47 Å². The molecule has 0 nitrogen and oxygen atoms in total. The molecule has 64 valence electrons. The van der Waals surface area contributed by atoms with Gasteiger partial charge in [-0.2, -0.15) is 0 Å². The molecule has 0 aliphatic heterocycles. The number of benzene rings is 1. The number of aryl methyl sites for hydroxylation is 1. The van der Waals surface area contributed by atoms with Gasteiger partial charge in [-0.25, -0.2) is 0 Å². The standard InChI is InChI=1S/C11H13Br/c1-2-8-5-6-10(12)7-11(8)9-3-4-9/h5-7,9H,2-4H2,1H3. The summed E-state index contributed by atoms with van der Waals surface area (Å²) in [4.78, 5) is 0. The van der Waals surface area contributed by atoms with E-state index >= 15 is 0 Å². The van der Waals surface area contributed by atoms with Gasteiger partial charge < -0.3 is 0 Å². The predicted octanol–water partition coefficient (Wildman–Crippen LogP) is 3.89. The smallest absolute Gasteiger partial charge is 0.0178 e. The van der Waals surface area contributed by atoms with E-state index in [9.17, 15) is 0 Å². The highest BCUT2D eigenvalue weighted by molar-refractivity contribution is 9.10. The molecule has 0 heterocycles. The molecule has 0 aromatic heterocycles. The summed E-state index contributed by atoms with van der Waals surface area (Å²) in [7, 11) is 0. The molecule has 0 N–H and O–H groups in total. The molecule has 1 heteroatoms. The fraction of sp³-hybridized carbons (Fsp3) is 0.455. The van der Waals surface area contributed by atoms with Crippen LogP contribution in [0.25, 0.3) is 0 Å². The third kappa shape index (κ3) is 1.56. The van der Waals surface area contributed by atoms with Crippen molar-refractivity contribution in [2.45, 2.75) is 32.1 Å². The first-order valence-corrected chi connectivity index (χ1v) is 5.39. The second-order valence-corrected chi connectivity index (χ2v) is 4.39. The molecule has 1 aliphatic carbocycles. The normalized spacial score (nSPS) is 16.5. The minimum absolute atomic E-state index is 0.873. The van der Waals surface area contributed by atoms with E-state index in [-0.39, 0.29) is 0 Å². The Morgan fingerprint density at radius 3 is 2.75 bits per heavy atom. The van der Waals surface area contributed by atoms with Crippen LogP contribution in [0.5, 0.6) is 0 Å². The van der Waals surface area contributed by atoms with Crippen LogP contribution >= 0.6 is 15.9 Å². The molecule has 1 fully saturated rings. The highest BCUT2D eigenvalue weighted by Crippen LogP contribution is 2.42. The Morgan fingerprint density at radius 2 is 2.17 bits per heavy atom. The maximum Gasteiger partial charge on any atom is 0.0178 e. The van der Waals surface area contributed by atoms with Crippen molar-refractivity contribution < 1.29 is 0 Å². The zero-order chi connectivity index (χ0) is 8.55. The second kappa shape index (κ2) is 3.21. The highest BCUT2D eigenvalue weighted by atomic mass is 79.9. The Balaban J connectivity index is 2.39. The summed E-state index contributed by atoms with van der Waals surface area (Å²) in [6, 6.07) is 6.68. The van der Waals surface area contributed by atoms with Gasteiger partial charge in [-0.3, -0.25) is 0 Å². The molecule has 0 spiro atoms. The summed E-state index contributed by atoms with van der Waals surface area (Å²) in [6.45, 7) is 2.23. The molecule has 12 heavy (non-hydrogen) atoms. The topological polar surface area (TPSA) is 0 Å². The zero-order valence-electron chi connectivity index (χ0n) is 7.31. The van der Waals surface area contributed by atoms with Crippen molar-refractivity contribution in [2.24, 2.45) is 0 Å². The predicted molar refractivity (Wildman–Crippen MR) is 55.5 cm³/mol. The zero-order valence-corrected chi connectivity index (χ0v) is 8.89. The minimum atomic E-state index is 0.873. The lowest BCUT2D eigenvalue weighted by Gasteiger charge is -2.06. The Morgan fingerprint density at radius 1 is 1.42 bits per heavy atom. The van der Waals surface area contributed by atoms with Crippen molar-refractivity contribution in [1.29, 1.82) is 0 Å². The lowest BCUT2D eigenvalue weighted by Crippen LogP contribution is -1.89. The number of halogens is 1. The lowest BCUT2D eigenvalue weighted by atomic mass is 10.0. The number of rotatable bonds is 2. The Hall–Kier alpha value is -0.300. The average molecular weight is 225 g/mol. The highest BCUT2D eigenvalue weighted by Gasteiger charge is 2.25. The van der Waals surface area contributed by atoms with Gasteiger partial charge in [0.05, 0.1) is 0 Å². The van der Waals surface area contributed by atoms with Crippen molar-refractivity contribution in [1.82, 2.24) is 0 Å². The van der Waals surface area contributed by atoms with Crippen LogP contribution in [0.3, 0.4) is 0 Å². The molecular formula is C11H13Br. The summed E-state index contributed by atoms with van der Waals surface area (Å²) in [5.41, 5.74) is 3.10. The van der Waals surface area contributed by atoms with Crippen molar-refractivity contribution in [2.75, 3.05) is 0 Å². The number of hydrogen-bond acceptors (Lipinski definition) is 0. The first-order chi connectivity index (χ1) is 5.81. The molecule has 0 saturated heterocycles. The summed E-state index contributed by atoms with van der Waals surface area (Å²) >= 11 is 3.52. The van der Waals surface area contributed by atoms with Gasteiger partial charge in [0.15, 0.2) is 0 Å². The van der Waals surface area contributed by atoms with E-state index in [0.29, 0.717) is 0 Å². The SMILES string of the molecule is CCc1ccc(Br)cc1C1CC1. The van der Waals surface area contributed by atoms with Crippen molar-refractivity contribution in [3.05, 3.63) is 33.8 Å². The van der Waals surface area contributed by atoms with Crippen LogP contribution in [-0.2, 0) is 6.42 Å². The number of hydrogen-bond donors (Lipinski definition) is 0. The monoisotopic (exact) mass is 224 g/mol. The molecule has 0 amide bonds. The first-order valence-electron chi connectivity index (χ1n) is 4.59. The van der Waals surface area contributed by atoms with E-state index < -0.39 is 0 Å². The minimum Gasteiger partial charge on any atom is -0.0613 e. The van der Waals surface area contributed by atoms with Crippen molar-refractivity contribution in [3.63, 3.8) is 0 Å². The molecule has 0 unspecified atom stereocenters. The molecule has 1 aliphatic rings. The molecule has 2 rings (SSSR count). The largest absolute Gasteiger partial charge is 0.0613 e. The van der Waals surface area contributed by atoms with Crippen LogP contribution in [0.4, 0.5) is 0 Å². The van der Waals surface area contributed by atoms with Crippen LogP contribution in [-0.4, -0.2) is 0 Å². The van der Waals surface area contributed by atoms with E-state index in [1.807, 2.05) is 0 Å². The first kappa shape index (κ1) is 8.31. The third-order valence-electron chi connectivity index (χ3n) is 2.51. The van der Waals surface area contributed by atoms with E-state index in [2.05, 4.69) is 41.1 Å². The van der Waals surface area contributed by atoms with Gasteiger partial charge in [0.25, 0.3) is 0 Å². The summed E-state index contributed by atoms with van der Waals surface area (Å²) in [5, 5.41) is 0. The van der Waals surface area contributed by atoms with Crippen LogP contribution in [0.1, 0.15) is 36.8 Å². The van der Waals surface area contributed by atoms with Gasteiger partial charge in [0.1, 0.15) is 0 Å². The van der Waals surface area contributed by atoms with E-state index in [1.54, 1.807) is 5.56 Å². The molecule has 0 bridgehead atoms. The fourth-order valence-corrected chi connectivity index (χ4v) is 2.04. The van der Waals surface area contributed by atoms with Crippen molar-refractivity contribution in [3.8, 4) is 0 Å². The Bertz CT molecular complexity index is 287. The molecular weight excluding hydrogens is 212 g/mol. The maximum absolute atomic E-state index is 3.52. The van der Waals surface area contributed by atoms with Gasteiger partial charge in [-0.1, -0.05) is 28.9 Å². The third-order valence-corrected chi connectivity index (χ3v) is 3.00. The van der Waals surface area contributed by atoms with Crippen LogP contribution < -0.4 is 0 Å². The molecule has 0 radical (unpaired) electrons. The van der Waals surface area contributed by atoms with Crippen molar-refractivity contribution >= 4 is 15.9 Å². The van der Waals surface area contributed by atoms with E-state index in [4.69, 9.17) is 0 Å². The summed E-state index contributed by atoms with van der Waals surface area (Å²) in [6.07, 6.45) is 3.95. The lowest BCUT2D eigenvalue weighted by molar-refractivity contribution is 1.03. The van der Waals surface area contributed by atoms with Gasteiger partial charge in [0.2, 0.25) is 0 Å². The van der Waals surface area contributed by atoms with Gasteiger partial charge in [-0.15, -0.1) is 0 Å². The van der Waals surface area contributed by atoms with Crippen LogP contribution in [0.2, 0.25) is 0 Å². The molecule has 1 saturated carbocycles. The second-order valence-electron chi connectivity index (χ2n) is 3.47. The quantitative estimate of drug-likeness (QED) is 0.716. The molecule has 1 aromatic carbocycles. The van der Waals surface area contributed by atoms with E-state index in [1.165, 1.54) is 29.3 Å². The fourth-order valence-electron chi connectivity index (χ4n) is 1.66. The molecule has 1 aromatic rings. The Kier molecular flexibility index (Phi) is 2.22. The van der Waals surface area contributed by atoms with Crippen LogP contribution in [0, 0.1) is 0 Å².